The van der Waals surface area contributed by atoms with Crippen LogP contribution in [-0.2, 0) is 9.59 Å². The Kier molecular flexibility index (Phi) is 7.40. The molecule has 1 aromatic heterocycles. The molecular formula is C22H18BrN3O6. The molecule has 32 heavy (non-hydrogen) atoms. The van der Waals surface area contributed by atoms with Crippen molar-refractivity contribution in [2.24, 2.45) is 5.10 Å². The number of nitrogens with one attached hydrogen (secondary N) is 2. The Labute approximate surface area is 191 Å². The average Bonchev–Trinajstić information content (AvgIpc) is 3.34. The number of hydrazone groups is 1. The molecule has 1 heterocycles. The van der Waals surface area contributed by atoms with Crippen molar-refractivity contribution in [2.45, 2.75) is 6.92 Å². The van der Waals surface area contributed by atoms with Crippen molar-refractivity contribution in [3.8, 4) is 11.5 Å². The summed E-state index contributed by atoms with van der Waals surface area (Å²) in [6.45, 7) is 1.64. The molecule has 0 radical (unpaired) electrons. The van der Waals surface area contributed by atoms with Crippen LogP contribution >= 0.6 is 15.9 Å². The van der Waals surface area contributed by atoms with Crippen LogP contribution in [0.2, 0.25) is 0 Å². The Morgan fingerprint density at radius 2 is 1.75 bits per heavy atom. The van der Waals surface area contributed by atoms with Gasteiger partial charge >= 0.3 is 17.8 Å². The van der Waals surface area contributed by atoms with E-state index >= 15 is 0 Å². The zero-order chi connectivity index (χ0) is 23.1. The van der Waals surface area contributed by atoms with Crippen LogP contribution in [0.4, 0.5) is 5.69 Å². The van der Waals surface area contributed by atoms with Crippen LogP contribution < -0.4 is 20.2 Å². The van der Waals surface area contributed by atoms with Crippen molar-refractivity contribution in [1.82, 2.24) is 5.43 Å². The molecule has 0 saturated carbocycles. The summed E-state index contributed by atoms with van der Waals surface area (Å²) in [7, 11) is 1.42. The van der Waals surface area contributed by atoms with Gasteiger partial charge in [0.1, 0.15) is 0 Å². The number of hydrogen-bond acceptors (Lipinski definition) is 7. The van der Waals surface area contributed by atoms with E-state index in [0.717, 1.165) is 4.47 Å². The summed E-state index contributed by atoms with van der Waals surface area (Å²) in [5.74, 6) is -1.95. The third kappa shape index (κ3) is 5.82. The van der Waals surface area contributed by atoms with Gasteiger partial charge < -0.3 is 19.2 Å². The number of hydrogen-bond donors (Lipinski definition) is 2. The predicted molar refractivity (Wildman–Crippen MR) is 120 cm³/mol. The number of nitrogens with zero attached hydrogens (tertiary/aromatic N) is 1. The first-order chi connectivity index (χ1) is 15.4. The lowest BCUT2D eigenvalue weighted by atomic mass is 10.1. The topological polar surface area (TPSA) is 119 Å². The second-order valence-corrected chi connectivity index (χ2v) is 7.25. The maximum absolute atomic E-state index is 12.1. The number of halogens is 1. The molecule has 2 N–H and O–H groups in total. The second kappa shape index (κ2) is 10.4. The lowest BCUT2D eigenvalue weighted by molar-refractivity contribution is -0.136. The molecule has 2 aromatic carbocycles. The molecular weight excluding hydrogens is 482 g/mol. The van der Waals surface area contributed by atoms with Crippen LogP contribution in [-0.4, -0.2) is 30.6 Å². The third-order valence-corrected chi connectivity index (χ3v) is 4.67. The fourth-order valence-corrected chi connectivity index (χ4v) is 2.76. The molecule has 0 unspecified atom stereocenters. The van der Waals surface area contributed by atoms with Crippen molar-refractivity contribution in [2.75, 3.05) is 12.4 Å². The van der Waals surface area contributed by atoms with Gasteiger partial charge in [-0.25, -0.2) is 10.2 Å². The summed E-state index contributed by atoms with van der Waals surface area (Å²) in [5, 5.41) is 6.42. The van der Waals surface area contributed by atoms with Crippen LogP contribution in [0.3, 0.4) is 0 Å². The molecule has 3 rings (SSSR count). The smallest absolute Gasteiger partial charge is 0.379 e. The Bertz CT molecular complexity index is 1160. The first-order valence-electron chi connectivity index (χ1n) is 9.22. The van der Waals surface area contributed by atoms with Gasteiger partial charge in [0.05, 0.1) is 19.1 Å². The fraction of sp³-hybridized carbons (Fsp3) is 0.0909. The number of carbonyl (C=O) groups is 3. The Morgan fingerprint density at radius 3 is 2.41 bits per heavy atom. The first-order valence-corrected chi connectivity index (χ1v) is 10.0. The molecule has 3 aromatic rings. The van der Waals surface area contributed by atoms with Crippen LogP contribution in [0.5, 0.6) is 11.5 Å². The van der Waals surface area contributed by atoms with E-state index in [1.54, 1.807) is 49.4 Å². The molecule has 0 bridgehead atoms. The maximum Gasteiger partial charge on any atom is 0.379 e. The van der Waals surface area contributed by atoms with E-state index < -0.39 is 17.8 Å². The molecule has 2 amide bonds. The van der Waals surface area contributed by atoms with Gasteiger partial charge in [0.2, 0.25) is 5.76 Å². The highest BCUT2D eigenvalue weighted by Gasteiger charge is 2.16. The van der Waals surface area contributed by atoms with E-state index in [1.165, 1.54) is 25.5 Å². The summed E-state index contributed by atoms with van der Waals surface area (Å²) in [5.41, 5.74) is 3.65. The maximum atomic E-state index is 12.1. The molecule has 0 spiro atoms. The van der Waals surface area contributed by atoms with Crippen LogP contribution in [0.1, 0.15) is 23.0 Å². The molecule has 0 atom stereocenters. The monoisotopic (exact) mass is 499 g/mol. The highest BCUT2D eigenvalue weighted by molar-refractivity contribution is 9.10. The number of carbonyl (C=O) groups excluding carboxylic acids is 3. The molecule has 10 heteroatoms. The quantitative estimate of drug-likeness (QED) is 0.175. The highest BCUT2D eigenvalue weighted by Crippen LogP contribution is 2.29. The van der Waals surface area contributed by atoms with Gasteiger partial charge in [0.15, 0.2) is 11.5 Å². The number of esters is 1. The van der Waals surface area contributed by atoms with Crippen molar-refractivity contribution >= 4 is 45.1 Å². The lowest BCUT2D eigenvalue weighted by Crippen LogP contribution is -2.32. The third-order valence-electron chi connectivity index (χ3n) is 4.14. The summed E-state index contributed by atoms with van der Waals surface area (Å²) >= 11 is 3.29. The van der Waals surface area contributed by atoms with Gasteiger partial charge in [0.25, 0.3) is 0 Å². The summed E-state index contributed by atoms with van der Waals surface area (Å²) < 4.78 is 16.4. The first kappa shape index (κ1) is 22.8. The molecule has 164 valence electrons. The molecule has 0 saturated heterocycles. The number of methoxy groups -OCH3 is 1. The number of anilines is 1. The van der Waals surface area contributed by atoms with Gasteiger partial charge in [-0.2, -0.15) is 5.10 Å². The summed E-state index contributed by atoms with van der Waals surface area (Å²) in [4.78, 5) is 36.1. The Morgan fingerprint density at radius 1 is 1.00 bits per heavy atom. The standard InChI is InChI=1S/C22H18BrN3O6/c1-13(25-26-21(28)20(27)24-16-8-6-15(23)7-9-16)14-5-10-17(19(12-14)30-2)32-22(29)18-4-3-11-31-18/h3-12H,1-2H3,(H,24,27)(H,26,28)/b25-13+. The van der Waals surface area contributed by atoms with E-state index in [0.29, 0.717) is 17.0 Å². The number of rotatable bonds is 6. The van der Waals surface area contributed by atoms with E-state index in [1.807, 2.05) is 0 Å². The zero-order valence-electron chi connectivity index (χ0n) is 17.0. The largest absolute Gasteiger partial charge is 0.493 e. The minimum atomic E-state index is -0.928. The second-order valence-electron chi connectivity index (χ2n) is 6.33. The fourth-order valence-electron chi connectivity index (χ4n) is 2.49. The van der Waals surface area contributed by atoms with Crippen molar-refractivity contribution in [1.29, 1.82) is 0 Å². The number of furan rings is 1. The van der Waals surface area contributed by atoms with E-state index in [9.17, 15) is 14.4 Å². The van der Waals surface area contributed by atoms with Gasteiger partial charge in [0, 0.05) is 15.7 Å². The van der Waals surface area contributed by atoms with E-state index in [2.05, 4.69) is 31.8 Å². The Hall–Kier alpha value is -3.92. The van der Waals surface area contributed by atoms with Crippen LogP contribution in [0.15, 0.2) is 74.9 Å². The molecule has 0 aliphatic carbocycles. The number of ether oxygens (including phenoxy) is 2. The summed E-state index contributed by atoms with van der Waals surface area (Å²) in [6.07, 6.45) is 1.37. The van der Waals surface area contributed by atoms with E-state index in [4.69, 9.17) is 13.9 Å². The lowest BCUT2D eigenvalue weighted by Gasteiger charge is -2.10. The van der Waals surface area contributed by atoms with Crippen molar-refractivity contribution in [3.63, 3.8) is 0 Å². The SMILES string of the molecule is COc1cc(/C(C)=N/NC(=O)C(=O)Nc2ccc(Br)cc2)ccc1OC(=O)c1ccco1. The van der Waals surface area contributed by atoms with Crippen molar-refractivity contribution < 1.29 is 28.3 Å². The normalized spacial score (nSPS) is 10.9. The predicted octanol–water partition coefficient (Wildman–Crippen LogP) is 3.75. The minimum absolute atomic E-state index is 0.0537. The zero-order valence-corrected chi connectivity index (χ0v) is 18.6. The van der Waals surface area contributed by atoms with Gasteiger partial charge in [-0.3, -0.25) is 9.59 Å². The molecule has 9 nitrogen and oxygen atoms in total. The Balaban J connectivity index is 1.64. The van der Waals surface area contributed by atoms with Crippen LogP contribution in [0.25, 0.3) is 0 Å². The molecule has 0 aliphatic heterocycles. The van der Waals surface area contributed by atoms with Gasteiger partial charge in [-0.15, -0.1) is 0 Å². The van der Waals surface area contributed by atoms with Gasteiger partial charge in [-0.05, 0) is 61.5 Å². The van der Waals surface area contributed by atoms with Gasteiger partial charge in [-0.1, -0.05) is 15.9 Å². The van der Waals surface area contributed by atoms with E-state index in [-0.39, 0.29) is 17.3 Å². The minimum Gasteiger partial charge on any atom is -0.493 e. The number of amides is 2. The average molecular weight is 500 g/mol. The molecule has 0 aliphatic rings. The number of benzene rings is 2. The summed E-state index contributed by atoms with van der Waals surface area (Å²) in [6, 6.07) is 14.6. The highest BCUT2D eigenvalue weighted by atomic mass is 79.9. The van der Waals surface area contributed by atoms with Crippen LogP contribution in [0, 0.1) is 0 Å². The molecule has 0 fully saturated rings. The van der Waals surface area contributed by atoms with Crippen molar-refractivity contribution in [3.05, 3.63) is 76.7 Å².